The highest BCUT2D eigenvalue weighted by Crippen LogP contribution is 2.28. The molecule has 4 aromatic heterocycles. The molecule has 0 unspecified atom stereocenters. The van der Waals surface area contributed by atoms with Gasteiger partial charge in [-0.2, -0.15) is 5.10 Å². The van der Waals surface area contributed by atoms with E-state index in [4.69, 9.17) is 4.98 Å². The van der Waals surface area contributed by atoms with E-state index in [1.54, 1.807) is 6.33 Å². The molecule has 100 valence electrons. The van der Waals surface area contributed by atoms with Crippen molar-refractivity contribution in [2.45, 2.75) is 6.92 Å². The molecule has 21 heavy (non-hydrogen) atoms. The van der Waals surface area contributed by atoms with Gasteiger partial charge in [-0.05, 0) is 24.6 Å². The normalized spacial score (nSPS) is 12.0. The lowest BCUT2D eigenvalue weighted by Gasteiger charge is -2.03. The topological polar surface area (TPSA) is 47.5 Å². The molecule has 1 aromatic carbocycles. The molecule has 0 aliphatic carbocycles. The summed E-state index contributed by atoms with van der Waals surface area (Å²) in [7, 11) is 0. The summed E-state index contributed by atoms with van der Waals surface area (Å²) < 4.78 is 3.98. The second-order valence-corrected chi connectivity index (χ2v) is 5.26. The van der Waals surface area contributed by atoms with E-state index in [-0.39, 0.29) is 0 Å². The Morgan fingerprint density at radius 2 is 1.95 bits per heavy atom. The van der Waals surface area contributed by atoms with Crippen LogP contribution in [0.2, 0.25) is 0 Å². The Balaban J connectivity index is 2.22. The van der Waals surface area contributed by atoms with E-state index in [2.05, 4.69) is 39.7 Å². The minimum absolute atomic E-state index is 0.835. The highest BCUT2D eigenvalue weighted by Gasteiger charge is 2.15. The van der Waals surface area contributed by atoms with Crippen LogP contribution in [0.25, 0.3) is 33.2 Å². The molecule has 0 aliphatic heterocycles. The number of imidazole rings is 1. The zero-order chi connectivity index (χ0) is 14.0. The van der Waals surface area contributed by atoms with Crippen molar-refractivity contribution in [3.8, 4) is 0 Å². The highest BCUT2D eigenvalue weighted by atomic mass is 15.3. The average molecular weight is 273 g/mol. The van der Waals surface area contributed by atoms with E-state index in [1.807, 2.05) is 28.8 Å². The standard InChI is InChI=1S/C16H11N5/c1-10-6-7-13-19-14-11-4-2-3-5-12(11)21-16(17-9-18-21)15(14)20(13)8-10/h2-9H,1H3. The first-order valence-electron chi connectivity index (χ1n) is 6.82. The summed E-state index contributed by atoms with van der Waals surface area (Å²) in [6, 6.07) is 12.3. The van der Waals surface area contributed by atoms with Crippen molar-refractivity contribution in [2.75, 3.05) is 0 Å². The van der Waals surface area contributed by atoms with Crippen LogP contribution >= 0.6 is 0 Å². The second kappa shape index (κ2) is 3.58. The van der Waals surface area contributed by atoms with Crippen molar-refractivity contribution in [2.24, 2.45) is 0 Å². The number of nitrogens with zero attached hydrogens (tertiary/aromatic N) is 5. The molecule has 0 aliphatic rings. The molecular weight excluding hydrogens is 262 g/mol. The van der Waals surface area contributed by atoms with Crippen molar-refractivity contribution in [3.63, 3.8) is 0 Å². The molecule has 5 aromatic rings. The van der Waals surface area contributed by atoms with E-state index in [1.165, 1.54) is 5.56 Å². The zero-order valence-electron chi connectivity index (χ0n) is 11.4. The monoisotopic (exact) mass is 273 g/mol. The Morgan fingerprint density at radius 1 is 1.05 bits per heavy atom. The first-order valence-corrected chi connectivity index (χ1v) is 6.82. The fourth-order valence-electron chi connectivity index (χ4n) is 2.99. The molecule has 0 radical (unpaired) electrons. The molecule has 0 saturated carbocycles. The molecular formula is C16H11N5. The quantitative estimate of drug-likeness (QED) is 0.436. The number of benzene rings is 1. The van der Waals surface area contributed by atoms with Gasteiger partial charge in [-0.25, -0.2) is 14.5 Å². The molecule has 5 heteroatoms. The third kappa shape index (κ3) is 1.27. The van der Waals surface area contributed by atoms with Gasteiger partial charge >= 0.3 is 0 Å². The van der Waals surface area contributed by atoms with Crippen LogP contribution < -0.4 is 0 Å². The summed E-state index contributed by atoms with van der Waals surface area (Å²) in [4.78, 5) is 9.24. The lowest BCUT2D eigenvalue weighted by atomic mass is 10.2. The number of rotatable bonds is 0. The predicted molar refractivity (Wildman–Crippen MR) is 81.5 cm³/mol. The van der Waals surface area contributed by atoms with Gasteiger partial charge in [0, 0.05) is 11.6 Å². The van der Waals surface area contributed by atoms with Crippen molar-refractivity contribution in [1.29, 1.82) is 0 Å². The number of para-hydroxylation sites is 1. The van der Waals surface area contributed by atoms with Crippen LogP contribution in [-0.4, -0.2) is 24.0 Å². The van der Waals surface area contributed by atoms with Gasteiger partial charge in [-0.15, -0.1) is 0 Å². The molecule has 0 amide bonds. The first-order chi connectivity index (χ1) is 10.3. The van der Waals surface area contributed by atoms with E-state index in [0.29, 0.717) is 0 Å². The fourth-order valence-corrected chi connectivity index (χ4v) is 2.99. The van der Waals surface area contributed by atoms with Gasteiger partial charge in [0.2, 0.25) is 0 Å². The molecule has 0 fully saturated rings. The van der Waals surface area contributed by atoms with Crippen LogP contribution in [0.3, 0.4) is 0 Å². The van der Waals surface area contributed by atoms with Gasteiger partial charge < -0.3 is 0 Å². The van der Waals surface area contributed by atoms with E-state index in [9.17, 15) is 0 Å². The Morgan fingerprint density at radius 3 is 2.90 bits per heavy atom. The SMILES string of the molecule is Cc1ccc2nc3c4ccccc4n4ncnc4c3n2c1. The third-order valence-electron chi connectivity index (χ3n) is 3.91. The fraction of sp³-hybridized carbons (Fsp3) is 0.0625. The van der Waals surface area contributed by atoms with Gasteiger partial charge in [0.05, 0.1) is 5.52 Å². The van der Waals surface area contributed by atoms with Crippen molar-refractivity contribution < 1.29 is 0 Å². The Hall–Kier alpha value is -2.95. The van der Waals surface area contributed by atoms with Crippen LogP contribution in [-0.2, 0) is 0 Å². The van der Waals surface area contributed by atoms with Gasteiger partial charge in [0.1, 0.15) is 23.0 Å². The lowest BCUT2D eigenvalue weighted by molar-refractivity contribution is 1.00. The number of aryl methyl sites for hydroxylation is 1. The van der Waals surface area contributed by atoms with Crippen molar-refractivity contribution in [3.05, 3.63) is 54.5 Å². The molecule has 0 N–H and O–H groups in total. The molecule has 5 nitrogen and oxygen atoms in total. The van der Waals surface area contributed by atoms with Gasteiger partial charge in [-0.1, -0.05) is 24.3 Å². The van der Waals surface area contributed by atoms with Crippen molar-refractivity contribution in [1.82, 2.24) is 24.0 Å². The van der Waals surface area contributed by atoms with Gasteiger partial charge in [0.15, 0.2) is 5.65 Å². The van der Waals surface area contributed by atoms with E-state index >= 15 is 0 Å². The third-order valence-corrected chi connectivity index (χ3v) is 3.91. The Bertz CT molecular complexity index is 1150. The molecule has 0 saturated heterocycles. The maximum absolute atomic E-state index is 4.80. The smallest absolute Gasteiger partial charge is 0.182 e. The zero-order valence-corrected chi connectivity index (χ0v) is 11.4. The number of hydrogen-bond donors (Lipinski definition) is 0. The van der Waals surface area contributed by atoms with Gasteiger partial charge in [-0.3, -0.25) is 4.40 Å². The number of hydrogen-bond acceptors (Lipinski definition) is 3. The predicted octanol–water partition coefficient (Wildman–Crippen LogP) is 2.99. The van der Waals surface area contributed by atoms with Crippen LogP contribution in [0.15, 0.2) is 48.9 Å². The highest BCUT2D eigenvalue weighted by molar-refractivity contribution is 6.09. The lowest BCUT2D eigenvalue weighted by Crippen LogP contribution is -1.94. The summed E-state index contributed by atoms with van der Waals surface area (Å²) >= 11 is 0. The summed E-state index contributed by atoms with van der Waals surface area (Å²) in [5.41, 5.74) is 5.95. The molecule has 0 bridgehead atoms. The summed E-state index contributed by atoms with van der Waals surface area (Å²) in [6.45, 7) is 2.08. The van der Waals surface area contributed by atoms with E-state index < -0.39 is 0 Å². The minimum Gasteiger partial charge on any atom is -0.296 e. The van der Waals surface area contributed by atoms with Crippen LogP contribution in [0, 0.1) is 6.92 Å². The summed E-state index contributed by atoms with van der Waals surface area (Å²) in [6.07, 6.45) is 3.69. The molecule has 5 rings (SSSR count). The number of pyridine rings is 2. The first kappa shape index (κ1) is 10.8. The molecule has 4 heterocycles. The number of fused-ring (bicyclic) bond motifs is 8. The number of aromatic nitrogens is 5. The van der Waals surface area contributed by atoms with Crippen LogP contribution in [0.5, 0.6) is 0 Å². The second-order valence-electron chi connectivity index (χ2n) is 5.26. The Kier molecular flexibility index (Phi) is 1.84. The minimum atomic E-state index is 0.835. The molecule has 0 atom stereocenters. The van der Waals surface area contributed by atoms with E-state index in [0.717, 1.165) is 33.2 Å². The van der Waals surface area contributed by atoms with Gasteiger partial charge in [0.25, 0.3) is 0 Å². The average Bonchev–Trinajstić information content (AvgIpc) is 3.11. The van der Waals surface area contributed by atoms with Crippen molar-refractivity contribution >= 4 is 33.2 Å². The molecule has 0 spiro atoms. The van der Waals surface area contributed by atoms with Crippen LogP contribution in [0.1, 0.15) is 5.56 Å². The van der Waals surface area contributed by atoms with Crippen LogP contribution in [0.4, 0.5) is 0 Å². The summed E-state index contributed by atoms with van der Waals surface area (Å²) in [5.74, 6) is 0. The maximum atomic E-state index is 4.80. The largest absolute Gasteiger partial charge is 0.296 e. The Labute approximate surface area is 119 Å². The summed E-state index contributed by atoms with van der Waals surface area (Å²) in [5, 5.41) is 5.46. The maximum Gasteiger partial charge on any atom is 0.182 e.